The fraction of sp³-hybridized carbons (Fsp3) is 0.200. The number of thiol groups is 1. The monoisotopic (exact) mass is 234 g/mol. The van der Waals surface area contributed by atoms with Gasteiger partial charge in [0.15, 0.2) is 0 Å². The first kappa shape index (κ1) is 11.5. The molecule has 1 rings (SSSR count). The first-order valence-electron chi connectivity index (χ1n) is 4.07. The lowest BCUT2D eigenvalue weighted by Crippen LogP contribution is -1.85. The molecular weight excluding hydrogens is 226 g/mol. The minimum Gasteiger partial charge on any atom is -0.205 e. The van der Waals surface area contributed by atoms with Crippen molar-refractivity contribution in [3.8, 4) is 0 Å². The Balaban J connectivity index is 2.89. The molecular formula is C10H9ClF2S. The SMILES string of the molecule is Fc1cc(C=CCCS)cc(F)c1Cl. The Morgan fingerprint density at radius 3 is 2.36 bits per heavy atom. The summed E-state index contributed by atoms with van der Waals surface area (Å²) < 4.78 is 25.9. The van der Waals surface area contributed by atoms with Crippen LogP contribution in [0.1, 0.15) is 12.0 Å². The van der Waals surface area contributed by atoms with E-state index in [9.17, 15) is 8.78 Å². The number of hydrogen-bond acceptors (Lipinski definition) is 1. The van der Waals surface area contributed by atoms with Crippen LogP contribution < -0.4 is 0 Å². The zero-order chi connectivity index (χ0) is 10.6. The molecule has 4 heteroatoms. The lowest BCUT2D eigenvalue weighted by molar-refractivity contribution is 0.583. The van der Waals surface area contributed by atoms with Gasteiger partial charge in [-0.2, -0.15) is 12.6 Å². The number of rotatable bonds is 3. The molecule has 0 atom stereocenters. The topological polar surface area (TPSA) is 0 Å². The van der Waals surface area contributed by atoms with Crippen LogP contribution in [-0.4, -0.2) is 5.75 Å². The van der Waals surface area contributed by atoms with E-state index < -0.39 is 16.7 Å². The van der Waals surface area contributed by atoms with Crippen molar-refractivity contribution in [3.63, 3.8) is 0 Å². The standard InChI is InChI=1S/C10H9ClF2S/c11-10-8(12)5-7(6-9(10)13)3-1-2-4-14/h1,3,5-6,14H,2,4H2. The molecule has 0 saturated heterocycles. The summed E-state index contributed by atoms with van der Waals surface area (Å²) in [5.41, 5.74) is 0.464. The maximum Gasteiger partial charge on any atom is 0.145 e. The second-order valence-electron chi connectivity index (χ2n) is 2.71. The van der Waals surface area contributed by atoms with Crippen LogP contribution in [0, 0.1) is 11.6 Å². The van der Waals surface area contributed by atoms with Gasteiger partial charge < -0.3 is 0 Å². The molecule has 0 aliphatic carbocycles. The zero-order valence-electron chi connectivity index (χ0n) is 7.30. The highest BCUT2D eigenvalue weighted by molar-refractivity contribution is 7.80. The number of halogens is 3. The van der Waals surface area contributed by atoms with Crippen LogP contribution in [0.2, 0.25) is 5.02 Å². The van der Waals surface area contributed by atoms with E-state index in [-0.39, 0.29) is 0 Å². The fourth-order valence-corrected chi connectivity index (χ4v) is 1.22. The second kappa shape index (κ2) is 5.37. The summed E-state index contributed by atoms with van der Waals surface area (Å²) in [6, 6.07) is 2.39. The first-order valence-corrected chi connectivity index (χ1v) is 5.08. The number of benzene rings is 1. The van der Waals surface area contributed by atoms with Crippen molar-refractivity contribution in [3.05, 3.63) is 40.4 Å². The molecule has 0 heterocycles. The van der Waals surface area contributed by atoms with Gasteiger partial charge in [0.1, 0.15) is 16.7 Å². The van der Waals surface area contributed by atoms with Crippen molar-refractivity contribution >= 4 is 30.3 Å². The van der Waals surface area contributed by atoms with Crippen molar-refractivity contribution in [2.45, 2.75) is 6.42 Å². The van der Waals surface area contributed by atoms with Gasteiger partial charge in [0.05, 0.1) is 0 Å². The van der Waals surface area contributed by atoms with Gasteiger partial charge in [0, 0.05) is 0 Å². The van der Waals surface area contributed by atoms with Crippen LogP contribution in [0.3, 0.4) is 0 Å². The summed E-state index contributed by atoms with van der Waals surface area (Å²) in [6.45, 7) is 0. The van der Waals surface area contributed by atoms with Gasteiger partial charge >= 0.3 is 0 Å². The highest BCUT2D eigenvalue weighted by Gasteiger charge is 2.06. The maximum absolute atomic E-state index is 12.9. The van der Waals surface area contributed by atoms with Gasteiger partial charge in [-0.15, -0.1) is 0 Å². The smallest absolute Gasteiger partial charge is 0.145 e. The Morgan fingerprint density at radius 2 is 1.86 bits per heavy atom. The molecule has 14 heavy (non-hydrogen) atoms. The van der Waals surface area contributed by atoms with Crippen molar-refractivity contribution in [2.24, 2.45) is 0 Å². The normalized spacial score (nSPS) is 11.1. The average Bonchev–Trinajstić information content (AvgIpc) is 2.14. The molecule has 1 aromatic rings. The predicted octanol–water partition coefficient (Wildman–Crippen LogP) is 3.95. The Morgan fingerprint density at radius 1 is 1.29 bits per heavy atom. The van der Waals surface area contributed by atoms with Gasteiger partial charge in [-0.25, -0.2) is 8.78 Å². The quantitative estimate of drug-likeness (QED) is 0.594. The predicted molar refractivity (Wildman–Crippen MR) is 58.9 cm³/mol. The highest BCUT2D eigenvalue weighted by Crippen LogP contribution is 2.21. The van der Waals surface area contributed by atoms with Crippen LogP contribution in [0.15, 0.2) is 18.2 Å². The summed E-state index contributed by atoms with van der Waals surface area (Å²) in [6.07, 6.45) is 4.20. The summed E-state index contributed by atoms with van der Waals surface area (Å²) in [7, 11) is 0. The minimum atomic E-state index is -0.739. The molecule has 0 radical (unpaired) electrons. The van der Waals surface area contributed by atoms with Crippen LogP contribution >= 0.6 is 24.2 Å². The molecule has 1 aromatic carbocycles. The summed E-state index contributed by atoms with van der Waals surface area (Å²) in [5.74, 6) is -0.774. The van der Waals surface area contributed by atoms with Crippen LogP contribution in [-0.2, 0) is 0 Å². The van der Waals surface area contributed by atoms with Gasteiger partial charge in [0.25, 0.3) is 0 Å². The third-order valence-corrected chi connectivity index (χ3v) is 2.23. The van der Waals surface area contributed by atoms with Crippen molar-refractivity contribution < 1.29 is 8.78 Å². The lowest BCUT2D eigenvalue weighted by Gasteiger charge is -1.98. The van der Waals surface area contributed by atoms with Crippen molar-refractivity contribution in [2.75, 3.05) is 5.75 Å². The van der Waals surface area contributed by atoms with Gasteiger partial charge in [-0.1, -0.05) is 23.8 Å². The van der Waals surface area contributed by atoms with E-state index in [0.717, 1.165) is 6.42 Å². The molecule has 0 saturated carbocycles. The van der Waals surface area contributed by atoms with Gasteiger partial charge in [-0.05, 0) is 29.9 Å². The van der Waals surface area contributed by atoms with E-state index >= 15 is 0 Å². The van der Waals surface area contributed by atoms with Crippen LogP contribution in [0.5, 0.6) is 0 Å². The van der Waals surface area contributed by atoms with Gasteiger partial charge in [0.2, 0.25) is 0 Å². The summed E-state index contributed by atoms with van der Waals surface area (Å²) in [5, 5.41) is -0.462. The molecule has 0 fully saturated rings. The Kier molecular flexibility index (Phi) is 4.42. The fourth-order valence-electron chi connectivity index (χ4n) is 0.965. The molecule has 76 valence electrons. The Labute approximate surface area is 92.0 Å². The third-order valence-electron chi connectivity index (χ3n) is 1.61. The third kappa shape index (κ3) is 3.00. The van der Waals surface area contributed by atoms with E-state index in [4.69, 9.17) is 11.6 Å². The number of hydrogen-bond donors (Lipinski definition) is 1. The van der Waals surface area contributed by atoms with E-state index in [2.05, 4.69) is 12.6 Å². The van der Waals surface area contributed by atoms with Crippen molar-refractivity contribution in [1.29, 1.82) is 0 Å². The molecule has 0 aliphatic heterocycles. The first-order chi connectivity index (χ1) is 6.65. The zero-order valence-corrected chi connectivity index (χ0v) is 8.96. The average molecular weight is 235 g/mol. The molecule has 0 aromatic heterocycles. The molecule has 0 spiro atoms. The minimum absolute atomic E-state index is 0.462. The lowest BCUT2D eigenvalue weighted by atomic mass is 10.2. The second-order valence-corrected chi connectivity index (χ2v) is 3.54. The Hall–Kier alpha value is -0.540. The Bertz CT molecular complexity index is 327. The van der Waals surface area contributed by atoms with Gasteiger partial charge in [-0.3, -0.25) is 0 Å². The van der Waals surface area contributed by atoms with E-state index in [1.54, 1.807) is 12.2 Å². The maximum atomic E-state index is 12.9. The summed E-state index contributed by atoms with van der Waals surface area (Å²) >= 11 is 9.33. The molecule has 0 unspecified atom stereocenters. The molecule has 0 bridgehead atoms. The largest absolute Gasteiger partial charge is 0.205 e. The van der Waals surface area contributed by atoms with E-state index in [1.807, 2.05) is 0 Å². The molecule has 0 nitrogen and oxygen atoms in total. The summed E-state index contributed by atoms with van der Waals surface area (Å²) in [4.78, 5) is 0. The van der Waals surface area contributed by atoms with Crippen LogP contribution in [0.4, 0.5) is 8.78 Å². The molecule has 0 aliphatic rings. The molecule has 0 N–H and O–H groups in total. The van der Waals surface area contributed by atoms with Crippen LogP contribution in [0.25, 0.3) is 6.08 Å². The number of allylic oxidation sites excluding steroid dienone is 1. The highest BCUT2D eigenvalue weighted by atomic mass is 35.5. The molecule has 0 amide bonds. The van der Waals surface area contributed by atoms with Crippen molar-refractivity contribution in [1.82, 2.24) is 0 Å². The van der Waals surface area contributed by atoms with E-state index in [0.29, 0.717) is 11.3 Å². The van der Waals surface area contributed by atoms with E-state index in [1.165, 1.54) is 12.1 Å².